The Labute approximate surface area is 177 Å². The number of fused-ring (bicyclic) bond motifs is 1. The monoisotopic (exact) mass is 428 g/mol. The lowest BCUT2D eigenvalue weighted by molar-refractivity contribution is 0.282. The number of nitrogens with zero attached hydrogens (tertiary/aromatic N) is 2. The number of pyridine rings is 2. The molecule has 0 spiro atoms. The molecule has 4 aromatic rings. The van der Waals surface area contributed by atoms with E-state index in [0.717, 1.165) is 33.2 Å². The second kappa shape index (κ2) is 7.69. The summed E-state index contributed by atoms with van der Waals surface area (Å²) in [7, 11) is 0. The fourth-order valence-corrected chi connectivity index (χ4v) is 3.93. The van der Waals surface area contributed by atoms with Crippen LogP contribution in [0.2, 0.25) is 15.2 Å². The van der Waals surface area contributed by atoms with Crippen LogP contribution in [0.3, 0.4) is 0 Å². The van der Waals surface area contributed by atoms with Gasteiger partial charge < -0.3 is 5.11 Å². The Balaban J connectivity index is 1.93. The van der Waals surface area contributed by atoms with Gasteiger partial charge in [0.1, 0.15) is 5.15 Å². The van der Waals surface area contributed by atoms with E-state index in [1.54, 1.807) is 6.20 Å². The van der Waals surface area contributed by atoms with Gasteiger partial charge in [0.05, 0.1) is 22.8 Å². The van der Waals surface area contributed by atoms with E-state index in [2.05, 4.69) is 9.97 Å². The number of aromatic nitrogens is 2. The first-order valence-electron chi connectivity index (χ1n) is 8.60. The third-order valence-electron chi connectivity index (χ3n) is 4.71. The lowest BCUT2D eigenvalue weighted by Gasteiger charge is -2.14. The molecule has 0 saturated heterocycles. The van der Waals surface area contributed by atoms with Crippen molar-refractivity contribution in [2.45, 2.75) is 13.5 Å². The van der Waals surface area contributed by atoms with Crippen molar-refractivity contribution in [2.24, 2.45) is 0 Å². The fraction of sp³-hybridized carbons (Fsp3) is 0.0909. The summed E-state index contributed by atoms with van der Waals surface area (Å²) in [5.74, 6) is 0. The van der Waals surface area contributed by atoms with Gasteiger partial charge in [0.25, 0.3) is 0 Å². The highest BCUT2D eigenvalue weighted by Crippen LogP contribution is 2.36. The average molecular weight is 430 g/mol. The number of halogens is 3. The lowest BCUT2D eigenvalue weighted by Crippen LogP contribution is -1.97. The second-order valence-corrected chi connectivity index (χ2v) is 7.60. The Morgan fingerprint density at radius 1 is 0.964 bits per heavy atom. The van der Waals surface area contributed by atoms with Crippen molar-refractivity contribution in [3.63, 3.8) is 0 Å². The molecule has 1 N–H and O–H groups in total. The standard InChI is InChI=1S/C22H15Cl3N2O/c1-12-20(24)17-10-14(5-6-19(17)27-22(12)25)21-18(11-28)16(7-8-26-21)13-3-2-4-15(23)9-13/h2-10,28H,11H2,1H3. The van der Waals surface area contributed by atoms with E-state index >= 15 is 0 Å². The maximum atomic E-state index is 10.1. The van der Waals surface area contributed by atoms with Crippen LogP contribution in [-0.4, -0.2) is 15.1 Å². The van der Waals surface area contributed by atoms with Crippen molar-refractivity contribution in [3.05, 3.63) is 81.1 Å². The molecule has 0 saturated carbocycles. The molecule has 0 amide bonds. The normalized spacial score (nSPS) is 11.2. The molecule has 6 heteroatoms. The molecule has 140 valence electrons. The first kappa shape index (κ1) is 19.2. The first-order valence-corrected chi connectivity index (χ1v) is 9.73. The Bertz CT molecular complexity index is 1210. The zero-order chi connectivity index (χ0) is 19.8. The summed E-state index contributed by atoms with van der Waals surface area (Å²) in [5.41, 5.74) is 5.49. The van der Waals surface area contributed by atoms with E-state index in [1.807, 2.05) is 55.5 Å². The van der Waals surface area contributed by atoms with Crippen LogP contribution < -0.4 is 0 Å². The van der Waals surface area contributed by atoms with Crippen LogP contribution in [0, 0.1) is 6.92 Å². The van der Waals surface area contributed by atoms with E-state index in [9.17, 15) is 5.11 Å². The Morgan fingerprint density at radius 3 is 2.54 bits per heavy atom. The number of hydrogen-bond donors (Lipinski definition) is 1. The summed E-state index contributed by atoms with van der Waals surface area (Å²) in [5, 5.41) is 12.5. The molecule has 0 aliphatic carbocycles. The Morgan fingerprint density at radius 2 is 1.79 bits per heavy atom. The molecule has 2 aromatic heterocycles. The Kier molecular flexibility index (Phi) is 5.26. The molecular weight excluding hydrogens is 415 g/mol. The number of hydrogen-bond acceptors (Lipinski definition) is 3. The zero-order valence-corrected chi connectivity index (χ0v) is 17.1. The molecule has 0 fully saturated rings. The largest absolute Gasteiger partial charge is 0.392 e. The smallest absolute Gasteiger partial charge is 0.134 e. The second-order valence-electron chi connectivity index (χ2n) is 6.43. The molecule has 0 bridgehead atoms. The molecule has 2 aromatic carbocycles. The van der Waals surface area contributed by atoms with Gasteiger partial charge in [-0.2, -0.15) is 0 Å². The molecular formula is C22H15Cl3N2O. The topological polar surface area (TPSA) is 46.0 Å². The molecule has 3 nitrogen and oxygen atoms in total. The van der Waals surface area contributed by atoms with E-state index < -0.39 is 0 Å². The van der Waals surface area contributed by atoms with Gasteiger partial charge in [-0.25, -0.2) is 4.98 Å². The van der Waals surface area contributed by atoms with Gasteiger partial charge in [-0.3, -0.25) is 4.98 Å². The number of rotatable bonds is 3. The summed E-state index contributed by atoms with van der Waals surface area (Å²) in [4.78, 5) is 8.91. The Hall–Kier alpha value is -2.17. The van der Waals surface area contributed by atoms with Crippen molar-refractivity contribution in [1.29, 1.82) is 0 Å². The number of aliphatic hydroxyl groups excluding tert-OH is 1. The minimum Gasteiger partial charge on any atom is -0.392 e. The molecule has 28 heavy (non-hydrogen) atoms. The molecule has 0 atom stereocenters. The maximum absolute atomic E-state index is 10.1. The van der Waals surface area contributed by atoms with Crippen LogP contribution in [-0.2, 0) is 6.61 Å². The third-order valence-corrected chi connectivity index (χ3v) is 5.80. The van der Waals surface area contributed by atoms with Gasteiger partial charge in [0, 0.05) is 33.3 Å². The third kappa shape index (κ3) is 3.36. The summed E-state index contributed by atoms with van der Waals surface area (Å²) >= 11 is 18.8. The van der Waals surface area contributed by atoms with E-state index in [4.69, 9.17) is 34.8 Å². The average Bonchev–Trinajstić information content (AvgIpc) is 2.71. The van der Waals surface area contributed by atoms with Gasteiger partial charge in [-0.05, 0) is 48.4 Å². The van der Waals surface area contributed by atoms with E-state index in [1.165, 1.54) is 0 Å². The minimum absolute atomic E-state index is 0.158. The minimum atomic E-state index is -0.158. The van der Waals surface area contributed by atoms with Gasteiger partial charge >= 0.3 is 0 Å². The highest BCUT2D eigenvalue weighted by molar-refractivity contribution is 6.39. The van der Waals surface area contributed by atoms with Crippen LogP contribution in [0.1, 0.15) is 11.1 Å². The summed E-state index contributed by atoms with van der Waals surface area (Å²) in [6.07, 6.45) is 1.72. The predicted molar refractivity (Wildman–Crippen MR) is 116 cm³/mol. The van der Waals surface area contributed by atoms with Crippen LogP contribution >= 0.6 is 34.8 Å². The fourth-order valence-electron chi connectivity index (χ4n) is 3.27. The van der Waals surface area contributed by atoms with Gasteiger partial charge in [0.15, 0.2) is 0 Å². The van der Waals surface area contributed by atoms with Crippen molar-refractivity contribution < 1.29 is 5.11 Å². The van der Waals surface area contributed by atoms with Gasteiger partial charge in [0.2, 0.25) is 0 Å². The molecule has 0 unspecified atom stereocenters. The summed E-state index contributed by atoms with van der Waals surface area (Å²) in [6, 6.07) is 15.1. The highest BCUT2D eigenvalue weighted by Gasteiger charge is 2.15. The van der Waals surface area contributed by atoms with E-state index in [0.29, 0.717) is 26.4 Å². The van der Waals surface area contributed by atoms with Crippen molar-refractivity contribution >= 4 is 45.7 Å². The molecule has 0 radical (unpaired) electrons. The van der Waals surface area contributed by atoms with Crippen molar-refractivity contribution in [2.75, 3.05) is 0 Å². The molecule has 2 heterocycles. The zero-order valence-electron chi connectivity index (χ0n) is 14.9. The van der Waals surface area contributed by atoms with Crippen molar-refractivity contribution in [3.8, 4) is 22.4 Å². The summed E-state index contributed by atoms with van der Waals surface area (Å²) in [6.45, 7) is 1.68. The molecule has 4 rings (SSSR count). The highest BCUT2D eigenvalue weighted by atomic mass is 35.5. The van der Waals surface area contributed by atoms with Crippen molar-refractivity contribution in [1.82, 2.24) is 9.97 Å². The molecule has 0 aliphatic heterocycles. The quantitative estimate of drug-likeness (QED) is 0.367. The predicted octanol–water partition coefficient (Wildman–Crippen LogP) is 6.72. The summed E-state index contributed by atoms with van der Waals surface area (Å²) < 4.78 is 0. The number of benzene rings is 2. The van der Waals surface area contributed by atoms with E-state index in [-0.39, 0.29) is 6.61 Å². The lowest BCUT2D eigenvalue weighted by atomic mass is 9.96. The first-order chi connectivity index (χ1) is 13.5. The van der Waals surface area contributed by atoms with Crippen LogP contribution in [0.25, 0.3) is 33.3 Å². The molecule has 0 aliphatic rings. The van der Waals surface area contributed by atoms with Gasteiger partial charge in [-0.1, -0.05) is 53.0 Å². The van der Waals surface area contributed by atoms with Crippen LogP contribution in [0.5, 0.6) is 0 Å². The van der Waals surface area contributed by atoms with Crippen LogP contribution in [0.4, 0.5) is 0 Å². The maximum Gasteiger partial charge on any atom is 0.134 e. The van der Waals surface area contributed by atoms with Gasteiger partial charge in [-0.15, -0.1) is 0 Å². The van der Waals surface area contributed by atoms with Crippen LogP contribution in [0.15, 0.2) is 54.7 Å². The number of aliphatic hydroxyl groups is 1. The SMILES string of the molecule is Cc1c(Cl)nc2ccc(-c3nccc(-c4cccc(Cl)c4)c3CO)cc2c1Cl.